The summed E-state index contributed by atoms with van der Waals surface area (Å²) >= 11 is 0. The molecule has 0 spiro atoms. The van der Waals surface area contributed by atoms with E-state index in [0.717, 1.165) is 19.8 Å². The van der Waals surface area contributed by atoms with Crippen LogP contribution in [-0.4, -0.2) is 42.6 Å². The van der Waals surface area contributed by atoms with Gasteiger partial charge in [0.2, 0.25) is 0 Å². The zero-order valence-electron chi connectivity index (χ0n) is 8.45. The van der Waals surface area contributed by atoms with Crippen LogP contribution in [0.4, 0.5) is 0 Å². The molecule has 0 saturated carbocycles. The van der Waals surface area contributed by atoms with Crippen LogP contribution in [0.3, 0.4) is 0 Å². The molecule has 0 bridgehead atoms. The summed E-state index contributed by atoms with van der Waals surface area (Å²) in [6.07, 6.45) is 3.80. The Morgan fingerprint density at radius 2 is 1.57 bits per heavy atom. The molecule has 0 aromatic carbocycles. The highest BCUT2D eigenvalue weighted by molar-refractivity contribution is 4.83. The maximum Gasteiger partial charge on any atom is 0.0884 e. The zero-order chi connectivity index (χ0) is 10.2. The quantitative estimate of drug-likeness (QED) is 0.618. The van der Waals surface area contributed by atoms with Gasteiger partial charge in [0.05, 0.1) is 31.9 Å². The summed E-state index contributed by atoms with van der Waals surface area (Å²) in [4.78, 5) is 4.20. The third kappa shape index (κ3) is 3.74. The van der Waals surface area contributed by atoms with Crippen molar-refractivity contribution in [1.29, 1.82) is 10.5 Å². The fourth-order valence-corrected chi connectivity index (χ4v) is 1.74. The Morgan fingerprint density at radius 3 is 2.07 bits per heavy atom. The van der Waals surface area contributed by atoms with Crippen molar-refractivity contribution in [2.24, 2.45) is 0 Å². The lowest BCUT2D eigenvalue weighted by molar-refractivity contribution is 0.133. The highest BCUT2D eigenvalue weighted by atomic mass is 15.3. The molecule has 0 aliphatic carbocycles. The van der Waals surface area contributed by atoms with Crippen molar-refractivity contribution < 1.29 is 0 Å². The van der Waals surface area contributed by atoms with Crippen molar-refractivity contribution >= 4 is 0 Å². The van der Waals surface area contributed by atoms with Gasteiger partial charge in [0.25, 0.3) is 0 Å². The molecule has 1 rings (SSSR count). The first-order valence-electron chi connectivity index (χ1n) is 5.05. The molecule has 1 saturated heterocycles. The molecule has 1 heterocycles. The van der Waals surface area contributed by atoms with Gasteiger partial charge in [-0.3, -0.25) is 9.80 Å². The van der Waals surface area contributed by atoms with Gasteiger partial charge < -0.3 is 0 Å². The molecular weight excluding hydrogens is 176 g/mol. The molecule has 14 heavy (non-hydrogen) atoms. The molecule has 1 aliphatic rings. The van der Waals surface area contributed by atoms with Crippen LogP contribution >= 0.6 is 0 Å². The van der Waals surface area contributed by atoms with Gasteiger partial charge in [-0.2, -0.15) is 10.5 Å². The topological polar surface area (TPSA) is 54.1 Å². The number of likely N-dealkylation sites (tertiary alicyclic amines) is 1. The van der Waals surface area contributed by atoms with Gasteiger partial charge in [-0.1, -0.05) is 6.42 Å². The van der Waals surface area contributed by atoms with Crippen LogP contribution in [0.5, 0.6) is 0 Å². The summed E-state index contributed by atoms with van der Waals surface area (Å²) in [7, 11) is 0. The second kappa shape index (κ2) is 6.37. The van der Waals surface area contributed by atoms with Crippen LogP contribution in [0.2, 0.25) is 0 Å². The van der Waals surface area contributed by atoms with Gasteiger partial charge in [-0.15, -0.1) is 0 Å². The van der Waals surface area contributed by atoms with Crippen molar-refractivity contribution in [1.82, 2.24) is 9.80 Å². The summed E-state index contributed by atoms with van der Waals surface area (Å²) in [5, 5.41) is 17.1. The molecule has 0 atom stereocenters. The van der Waals surface area contributed by atoms with E-state index in [-0.39, 0.29) is 0 Å². The highest BCUT2D eigenvalue weighted by Crippen LogP contribution is 2.08. The fourth-order valence-electron chi connectivity index (χ4n) is 1.74. The van der Waals surface area contributed by atoms with Crippen LogP contribution in [-0.2, 0) is 0 Å². The minimum Gasteiger partial charge on any atom is -0.290 e. The zero-order valence-corrected chi connectivity index (χ0v) is 8.45. The van der Waals surface area contributed by atoms with E-state index in [1.54, 1.807) is 0 Å². The van der Waals surface area contributed by atoms with Gasteiger partial charge in [-0.25, -0.2) is 0 Å². The predicted molar refractivity (Wildman–Crippen MR) is 53.1 cm³/mol. The van der Waals surface area contributed by atoms with Crippen molar-refractivity contribution in [3.05, 3.63) is 0 Å². The van der Waals surface area contributed by atoms with Crippen LogP contribution in [0.15, 0.2) is 0 Å². The number of rotatable bonds is 4. The Hall–Kier alpha value is -1.10. The Kier molecular flexibility index (Phi) is 4.99. The number of piperidine rings is 1. The number of nitriles is 2. The minimum atomic E-state index is 0.351. The van der Waals surface area contributed by atoms with Crippen LogP contribution < -0.4 is 0 Å². The van der Waals surface area contributed by atoms with Crippen molar-refractivity contribution in [2.75, 3.05) is 32.8 Å². The first-order valence-corrected chi connectivity index (χ1v) is 5.05. The van der Waals surface area contributed by atoms with Gasteiger partial charge in [0, 0.05) is 0 Å². The largest absolute Gasteiger partial charge is 0.290 e. The highest BCUT2D eigenvalue weighted by Gasteiger charge is 2.13. The molecule has 0 N–H and O–H groups in total. The van der Waals surface area contributed by atoms with E-state index in [1.807, 2.05) is 4.90 Å². The van der Waals surface area contributed by atoms with Crippen LogP contribution in [0.1, 0.15) is 19.3 Å². The molecule has 0 aromatic rings. The molecule has 1 fully saturated rings. The van der Waals surface area contributed by atoms with Gasteiger partial charge >= 0.3 is 0 Å². The van der Waals surface area contributed by atoms with Crippen molar-refractivity contribution in [2.45, 2.75) is 19.3 Å². The normalized spacial score (nSPS) is 17.6. The first-order chi connectivity index (χ1) is 6.86. The van der Waals surface area contributed by atoms with Crippen LogP contribution in [0, 0.1) is 22.7 Å². The van der Waals surface area contributed by atoms with E-state index in [2.05, 4.69) is 17.0 Å². The summed E-state index contributed by atoms with van der Waals surface area (Å²) in [6, 6.07) is 4.18. The summed E-state index contributed by atoms with van der Waals surface area (Å²) < 4.78 is 0. The SMILES string of the molecule is N#CCN(CC#N)CN1CCCCC1. The molecule has 0 amide bonds. The standard InChI is InChI=1S/C10H16N4/c11-4-8-14(9-5-12)10-13-6-2-1-3-7-13/h1-3,6-10H2. The third-order valence-electron chi connectivity index (χ3n) is 2.44. The maximum absolute atomic E-state index is 8.57. The Labute approximate surface area is 85.3 Å². The number of nitrogens with zero attached hydrogens (tertiary/aromatic N) is 4. The molecular formula is C10H16N4. The fraction of sp³-hybridized carbons (Fsp3) is 0.800. The van der Waals surface area contributed by atoms with E-state index in [9.17, 15) is 0 Å². The molecule has 0 unspecified atom stereocenters. The predicted octanol–water partition coefficient (Wildman–Crippen LogP) is 0.779. The summed E-state index contributed by atoms with van der Waals surface area (Å²) in [5.41, 5.74) is 0. The molecule has 4 heteroatoms. The molecule has 4 nitrogen and oxygen atoms in total. The van der Waals surface area contributed by atoms with Gasteiger partial charge in [0.1, 0.15) is 0 Å². The van der Waals surface area contributed by atoms with E-state index in [4.69, 9.17) is 10.5 Å². The van der Waals surface area contributed by atoms with E-state index < -0.39 is 0 Å². The second-order valence-corrected chi connectivity index (χ2v) is 3.62. The third-order valence-corrected chi connectivity index (χ3v) is 2.44. The second-order valence-electron chi connectivity index (χ2n) is 3.62. The van der Waals surface area contributed by atoms with Crippen LogP contribution in [0.25, 0.3) is 0 Å². The molecule has 76 valence electrons. The minimum absolute atomic E-state index is 0.351. The summed E-state index contributed by atoms with van der Waals surface area (Å²) in [6.45, 7) is 3.68. The number of hydrogen-bond donors (Lipinski definition) is 0. The van der Waals surface area contributed by atoms with E-state index >= 15 is 0 Å². The average molecular weight is 192 g/mol. The lowest BCUT2D eigenvalue weighted by atomic mass is 10.1. The van der Waals surface area contributed by atoms with Crippen molar-refractivity contribution in [3.8, 4) is 12.1 Å². The molecule has 0 radical (unpaired) electrons. The molecule has 0 aromatic heterocycles. The van der Waals surface area contributed by atoms with Crippen molar-refractivity contribution in [3.63, 3.8) is 0 Å². The Bertz CT molecular complexity index is 215. The Balaban J connectivity index is 2.30. The van der Waals surface area contributed by atoms with E-state index in [0.29, 0.717) is 13.1 Å². The maximum atomic E-state index is 8.57. The van der Waals surface area contributed by atoms with Gasteiger partial charge in [-0.05, 0) is 25.9 Å². The lowest BCUT2D eigenvalue weighted by Crippen LogP contribution is -2.41. The summed E-state index contributed by atoms with van der Waals surface area (Å²) in [5.74, 6) is 0. The monoisotopic (exact) mass is 192 g/mol. The van der Waals surface area contributed by atoms with E-state index in [1.165, 1.54) is 19.3 Å². The smallest absolute Gasteiger partial charge is 0.0884 e. The average Bonchev–Trinajstić information content (AvgIpc) is 2.20. The van der Waals surface area contributed by atoms with Gasteiger partial charge in [0.15, 0.2) is 0 Å². The first kappa shape index (κ1) is 11.0. The number of hydrogen-bond acceptors (Lipinski definition) is 4. The lowest BCUT2D eigenvalue weighted by Gasteiger charge is -2.30. The molecule has 1 aliphatic heterocycles. The Morgan fingerprint density at radius 1 is 1.00 bits per heavy atom.